The Morgan fingerprint density at radius 3 is 2.81 bits per heavy atom. The van der Waals surface area contributed by atoms with E-state index in [1.54, 1.807) is 13.1 Å². The minimum Gasteiger partial charge on any atom is -0.462 e. The zero-order valence-corrected chi connectivity index (χ0v) is 14.7. The van der Waals surface area contributed by atoms with Gasteiger partial charge in [-0.1, -0.05) is 24.3 Å². The minimum absolute atomic E-state index is 0.0106. The summed E-state index contributed by atoms with van der Waals surface area (Å²) in [7, 11) is 0. The third-order valence-electron chi connectivity index (χ3n) is 4.11. The van der Waals surface area contributed by atoms with E-state index in [0.717, 1.165) is 27.4 Å². The van der Waals surface area contributed by atoms with Gasteiger partial charge in [0.15, 0.2) is 6.20 Å². The van der Waals surface area contributed by atoms with Gasteiger partial charge in [0.1, 0.15) is 5.56 Å². The maximum atomic E-state index is 12.4. The molecule has 3 aromatic rings. The normalized spacial score (nSPS) is 11.0. The molecule has 1 heterocycles. The highest BCUT2D eigenvalue weighted by Gasteiger charge is 2.21. The molecular formula is C20H23N2O4+. The van der Waals surface area contributed by atoms with Gasteiger partial charge in [-0.25, -0.2) is 9.78 Å². The van der Waals surface area contributed by atoms with Crippen molar-refractivity contribution in [2.45, 2.75) is 6.92 Å². The summed E-state index contributed by atoms with van der Waals surface area (Å²) >= 11 is 0. The van der Waals surface area contributed by atoms with Crippen LogP contribution in [0.1, 0.15) is 17.3 Å². The molecule has 0 atom stereocenters. The first-order chi connectivity index (χ1) is 12.8. The van der Waals surface area contributed by atoms with Gasteiger partial charge in [0.05, 0.1) is 42.9 Å². The van der Waals surface area contributed by atoms with Crippen LogP contribution in [0.15, 0.2) is 42.6 Å². The molecule has 0 aliphatic rings. The molecule has 3 rings (SSSR count). The lowest BCUT2D eigenvalue weighted by atomic mass is 10.0. The molecule has 6 nitrogen and oxygen atoms in total. The van der Waals surface area contributed by atoms with Crippen LogP contribution in [-0.2, 0) is 9.47 Å². The monoisotopic (exact) mass is 355 g/mol. The van der Waals surface area contributed by atoms with Crippen molar-refractivity contribution in [1.29, 1.82) is 0 Å². The van der Waals surface area contributed by atoms with Crippen molar-refractivity contribution in [2.24, 2.45) is 0 Å². The standard InChI is InChI=1S/C20H22N2O4/c1-2-26-20(24)17-13-22-18-15-6-4-3-5-14(15)7-8-16(18)19(17)21-9-11-25-12-10-23/h3-8,13,23H,2,9-12H2,1H3,(H,21,22)/p+1. The molecule has 0 saturated heterocycles. The highest BCUT2D eigenvalue weighted by atomic mass is 16.5. The third-order valence-corrected chi connectivity index (χ3v) is 4.11. The number of hydrogen-bond donors (Lipinski definition) is 2. The van der Waals surface area contributed by atoms with E-state index in [2.05, 4.69) is 16.4 Å². The highest BCUT2D eigenvalue weighted by molar-refractivity contribution is 6.11. The number of aliphatic hydroxyl groups excluding tert-OH is 1. The first kappa shape index (κ1) is 18.1. The topological polar surface area (TPSA) is 81.9 Å². The van der Waals surface area contributed by atoms with Crippen molar-refractivity contribution in [3.63, 3.8) is 0 Å². The average molecular weight is 355 g/mol. The van der Waals surface area contributed by atoms with Gasteiger partial charge < -0.3 is 19.9 Å². The molecule has 3 N–H and O–H groups in total. The lowest BCUT2D eigenvalue weighted by Gasteiger charge is -2.12. The number of aliphatic hydroxyl groups is 1. The molecule has 0 unspecified atom stereocenters. The number of H-pyrrole nitrogens is 1. The van der Waals surface area contributed by atoms with Gasteiger partial charge in [0.2, 0.25) is 5.52 Å². The van der Waals surface area contributed by atoms with Gasteiger partial charge in [-0.3, -0.25) is 0 Å². The van der Waals surface area contributed by atoms with E-state index in [0.29, 0.717) is 31.9 Å². The van der Waals surface area contributed by atoms with E-state index in [1.165, 1.54) is 0 Å². The second-order valence-electron chi connectivity index (χ2n) is 5.77. The third kappa shape index (κ3) is 3.76. The molecule has 0 radical (unpaired) electrons. The zero-order valence-electron chi connectivity index (χ0n) is 14.7. The summed E-state index contributed by atoms with van der Waals surface area (Å²) in [6.07, 6.45) is 1.68. The fourth-order valence-corrected chi connectivity index (χ4v) is 2.97. The van der Waals surface area contributed by atoms with Crippen molar-refractivity contribution in [2.75, 3.05) is 38.3 Å². The minimum atomic E-state index is -0.377. The second kappa shape index (κ2) is 8.60. The molecule has 0 aliphatic carbocycles. The van der Waals surface area contributed by atoms with Crippen LogP contribution in [0.25, 0.3) is 21.7 Å². The van der Waals surface area contributed by atoms with Crippen molar-refractivity contribution in [3.8, 4) is 0 Å². The number of carbonyl (C=O) groups is 1. The van der Waals surface area contributed by atoms with Gasteiger partial charge in [0.25, 0.3) is 0 Å². The van der Waals surface area contributed by atoms with Crippen LogP contribution >= 0.6 is 0 Å². The van der Waals surface area contributed by atoms with E-state index in [4.69, 9.17) is 14.6 Å². The van der Waals surface area contributed by atoms with Crippen molar-refractivity contribution in [3.05, 3.63) is 48.2 Å². The Labute approximate surface area is 151 Å². The predicted octanol–water partition coefficient (Wildman–Crippen LogP) is 2.40. The summed E-state index contributed by atoms with van der Waals surface area (Å²) < 4.78 is 10.5. The lowest BCUT2D eigenvalue weighted by Crippen LogP contribution is -2.18. The molecule has 2 aromatic carbocycles. The Hall–Kier alpha value is -2.70. The van der Waals surface area contributed by atoms with Crippen molar-refractivity contribution >= 4 is 33.3 Å². The molecule has 0 saturated carbocycles. The molecule has 0 spiro atoms. The number of hydrogen-bond acceptors (Lipinski definition) is 5. The Balaban J connectivity index is 2.03. The van der Waals surface area contributed by atoms with E-state index in [9.17, 15) is 4.79 Å². The van der Waals surface area contributed by atoms with Crippen molar-refractivity contribution < 1.29 is 24.4 Å². The Morgan fingerprint density at radius 1 is 1.15 bits per heavy atom. The number of rotatable bonds is 8. The molecular weight excluding hydrogens is 332 g/mol. The maximum Gasteiger partial charge on any atom is 0.346 e. The summed E-state index contributed by atoms with van der Waals surface area (Å²) in [5.74, 6) is -0.377. The summed E-state index contributed by atoms with van der Waals surface area (Å²) in [6.45, 7) is 3.32. The van der Waals surface area contributed by atoms with Crippen LogP contribution < -0.4 is 10.3 Å². The molecule has 0 bridgehead atoms. The van der Waals surface area contributed by atoms with Crippen LogP contribution in [-0.4, -0.2) is 44.0 Å². The summed E-state index contributed by atoms with van der Waals surface area (Å²) in [5.41, 5.74) is 2.13. The van der Waals surface area contributed by atoms with Crippen molar-refractivity contribution in [1.82, 2.24) is 0 Å². The number of aromatic nitrogens is 1. The number of anilines is 1. The van der Waals surface area contributed by atoms with E-state index in [-0.39, 0.29) is 12.6 Å². The fraction of sp³-hybridized carbons (Fsp3) is 0.300. The van der Waals surface area contributed by atoms with E-state index < -0.39 is 0 Å². The van der Waals surface area contributed by atoms with Gasteiger partial charge in [-0.2, -0.15) is 0 Å². The van der Waals surface area contributed by atoms with Crippen LogP contribution in [0.5, 0.6) is 0 Å². The Kier molecular flexibility index (Phi) is 5.99. The summed E-state index contributed by atoms with van der Waals surface area (Å²) in [6, 6.07) is 12.1. The molecule has 0 fully saturated rings. The summed E-state index contributed by atoms with van der Waals surface area (Å²) in [4.78, 5) is 15.6. The number of aromatic amines is 1. The first-order valence-electron chi connectivity index (χ1n) is 8.72. The van der Waals surface area contributed by atoms with Crippen LogP contribution in [0.3, 0.4) is 0 Å². The Morgan fingerprint density at radius 2 is 2.00 bits per heavy atom. The van der Waals surface area contributed by atoms with Gasteiger partial charge in [-0.05, 0) is 24.4 Å². The van der Waals surface area contributed by atoms with E-state index in [1.807, 2.05) is 30.3 Å². The maximum absolute atomic E-state index is 12.4. The SMILES string of the molecule is CCOC(=O)c1c[nH+]c2c(ccc3ccccc32)c1NCCOCCO. The number of esters is 1. The van der Waals surface area contributed by atoms with Crippen LogP contribution in [0, 0.1) is 0 Å². The second-order valence-corrected chi connectivity index (χ2v) is 5.77. The fourth-order valence-electron chi connectivity index (χ4n) is 2.97. The predicted molar refractivity (Wildman–Crippen MR) is 100 cm³/mol. The van der Waals surface area contributed by atoms with Crippen LogP contribution in [0.2, 0.25) is 0 Å². The van der Waals surface area contributed by atoms with Crippen LogP contribution in [0.4, 0.5) is 5.69 Å². The molecule has 6 heteroatoms. The smallest absolute Gasteiger partial charge is 0.346 e. The molecule has 1 aromatic heterocycles. The van der Waals surface area contributed by atoms with E-state index >= 15 is 0 Å². The summed E-state index contributed by atoms with van der Waals surface area (Å²) in [5, 5.41) is 15.2. The number of carbonyl (C=O) groups excluding carboxylic acids is 1. The number of benzene rings is 2. The number of pyridine rings is 1. The van der Waals surface area contributed by atoms with Gasteiger partial charge in [0, 0.05) is 6.54 Å². The number of nitrogens with one attached hydrogen (secondary N) is 2. The molecule has 0 amide bonds. The first-order valence-corrected chi connectivity index (χ1v) is 8.72. The van der Waals surface area contributed by atoms with Gasteiger partial charge in [-0.15, -0.1) is 0 Å². The highest BCUT2D eigenvalue weighted by Crippen LogP contribution is 2.29. The average Bonchev–Trinajstić information content (AvgIpc) is 2.67. The lowest BCUT2D eigenvalue weighted by molar-refractivity contribution is -0.343. The number of fused-ring (bicyclic) bond motifs is 3. The van der Waals surface area contributed by atoms with Gasteiger partial charge >= 0.3 is 5.97 Å². The Bertz CT molecular complexity index is 911. The molecule has 136 valence electrons. The number of ether oxygens (including phenoxy) is 2. The quantitative estimate of drug-likeness (QED) is 0.368. The zero-order chi connectivity index (χ0) is 18.4. The molecule has 26 heavy (non-hydrogen) atoms. The molecule has 0 aliphatic heterocycles. The largest absolute Gasteiger partial charge is 0.462 e.